The molecule has 0 aromatic heterocycles. The van der Waals surface area contributed by atoms with E-state index in [4.69, 9.17) is 23.2 Å². The van der Waals surface area contributed by atoms with Crippen LogP contribution in [0.25, 0.3) is 0 Å². The summed E-state index contributed by atoms with van der Waals surface area (Å²) in [6.07, 6.45) is 3.44. The summed E-state index contributed by atoms with van der Waals surface area (Å²) in [5, 5.41) is 12.8. The Kier molecular flexibility index (Phi) is 5.48. The number of carboxylic acid groups (broad SMARTS) is 1. The molecule has 1 fully saturated rings. The van der Waals surface area contributed by atoms with Gasteiger partial charge in [0.05, 0.1) is 16.5 Å². The first-order valence-corrected chi connectivity index (χ1v) is 7.70. The Labute approximate surface area is 133 Å². The predicted octanol–water partition coefficient (Wildman–Crippen LogP) is 3.61. The number of benzene rings is 1. The van der Waals surface area contributed by atoms with Crippen molar-refractivity contribution in [1.82, 2.24) is 5.32 Å². The molecule has 6 heteroatoms. The molecule has 21 heavy (non-hydrogen) atoms. The zero-order valence-corrected chi connectivity index (χ0v) is 13.0. The molecule has 1 aromatic carbocycles. The molecule has 1 aliphatic rings. The van der Waals surface area contributed by atoms with Gasteiger partial charge in [0.1, 0.15) is 0 Å². The molecule has 0 saturated heterocycles. The topological polar surface area (TPSA) is 66.4 Å². The van der Waals surface area contributed by atoms with Crippen molar-refractivity contribution in [3.63, 3.8) is 0 Å². The summed E-state index contributed by atoms with van der Waals surface area (Å²) in [5.41, 5.74) is 0.351. The Morgan fingerprint density at radius 3 is 2.62 bits per heavy atom. The highest BCUT2D eigenvalue weighted by Gasteiger charge is 2.30. The average molecular weight is 330 g/mol. The average Bonchev–Trinajstić information content (AvgIpc) is 2.45. The van der Waals surface area contributed by atoms with E-state index in [1.807, 2.05) is 0 Å². The minimum absolute atomic E-state index is 0.0220. The molecule has 0 bridgehead atoms. The SMILES string of the molecule is O=C(NC[C@@H]1CCCC[C@@H]1C(=O)O)c1ccc(Cl)cc1Cl. The van der Waals surface area contributed by atoms with E-state index in [9.17, 15) is 14.7 Å². The fourth-order valence-corrected chi connectivity index (χ4v) is 3.26. The van der Waals surface area contributed by atoms with Crippen molar-refractivity contribution in [1.29, 1.82) is 0 Å². The molecule has 2 atom stereocenters. The molecule has 4 nitrogen and oxygen atoms in total. The lowest BCUT2D eigenvalue weighted by atomic mass is 9.79. The highest BCUT2D eigenvalue weighted by atomic mass is 35.5. The summed E-state index contributed by atoms with van der Waals surface area (Å²) in [4.78, 5) is 23.3. The Morgan fingerprint density at radius 1 is 1.24 bits per heavy atom. The number of carboxylic acids is 1. The summed E-state index contributed by atoms with van der Waals surface area (Å²) >= 11 is 11.8. The van der Waals surface area contributed by atoms with Crippen molar-refractivity contribution < 1.29 is 14.7 Å². The quantitative estimate of drug-likeness (QED) is 0.886. The van der Waals surface area contributed by atoms with Crippen molar-refractivity contribution in [2.24, 2.45) is 11.8 Å². The molecule has 0 unspecified atom stereocenters. The third-order valence-electron chi connectivity index (χ3n) is 3.93. The second-order valence-electron chi connectivity index (χ2n) is 5.32. The minimum atomic E-state index is -0.779. The Balaban J connectivity index is 1.98. The van der Waals surface area contributed by atoms with Crippen LogP contribution in [0.3, 0.4) is 0 Å². The molecular formula is C15H17Cl2NO3. The first-order chi connectivity index (χ1) is 9.99. The lowest BCUT2D eigenvalue weighted by molar-refractivity contribution is -0.144. The maximum absolute atomic E-state index is 12.1. The van der Waals surface area contributed by atoms with Crippen LogP contribution >= 0.6 is 23.2 Å². The van der Waals surface area contributed by atoms with Gasteiger partial charge >= 0.3 is 5.97 Å². The molecule has 1 aliphatic carbocycles. The fraction of sp³-hybridized carbons (Fsp3) is 0.467. The van der Waals surface area contributed by atoms with E-state index in [1.165, 1.54) is 6.07 Å². The van der Waals surface area contributed by atoms with Crippen molar-refractivity contribution in [2.45, 2.75) is 25.7 Å². The van der Waals surface area contributed by atoms with Crippen molar-refractivity contribution in [3.05, 3.63) is 33.8 Å². The van der Waals surface area contributed by atoms with Gasteiger partial charge in [-0.05, 0) is 37.0 Å². The molecule has 0 heterocycles. The van der Waals surface area contributed by atoms with E-state index in [1.54, 1.807) is 12.1 Å². The predicted molar refractivity (Wildman–Crippen MR) is 81.9 cm³/mol. The van der Waals surface area contributed by atoms with Crippen LogP contribution in [0, 0.1) is 11.8 Å². The molecule has 0 radical (unpaired) electrons. The van der Waals surface area contributed by atoms with Gasteiger partial charge in [0.2, 0.25) is 0 Å². The Bertz CT molecular complexity index is 548. The van der Waals surface area contributed by atoms with Gasteiger partial charge in [-0.25, -0.2) is 0 Å². The first-order valence-electron chi connectivity index (χ1n) is 6.95. The molecule has 0 aliphatic heterocycles. The maximum atomic E-state index is 12.1. The molecule has 0 spiro atoms. The number of rotatable bonds is 4. The number of carbonyl (C=O) groups excluding carboxylic acids is 1. The molecule has 1 amide bonds. The Morgan fingerprint density at radius 2 is 1.95 bits per heavy atom. The third-order valence-corrected chi connectivity index (χ3v) is 4.47. The highest BCUT2D eigenvalue weighted by Crippen LogP contribution is 2.30. The van der Waals surface area contributed by atoms with Crippen LogP contribution in [0.4, 0.5) is 0 Å². The zero-order valence-electron chi connectivity index (χ0n) is 11.4. The van der Waals surface area contributed by atoms with Crippen LogP contribution in [-0.2, 0) is 4.79 Å². The van der Waals surface area contributed by atoms with Crippen molar-refractivity contribution >= 4 is 35.1 Å². The summed E-state index contributed by atoms with van der Waals surface area (Å²) < 4.78 is 0. The van der Waals surface area contributed by atoms with E-state index < -0.39 is 5.97 Å². The second-order valence-corrected chi connectivity index (χ2v) is 6.17. The van der Waals surface area contributed by atoms with Gasteiger partial charge in [-0.1, -0.05) is 36.0 Å². The van der Waals surface area contributed by atoms with Crippen LogP contribution in [0.2, 0.25) is 10.0 Å². The van der Waals surface area contributed by atoms with Gasteiger partial charge in [-0.15, -0.1) is 0 Å². The lowest BCUT2D eigenvalue weighted by Gasteiger charge is -2.28. The van der Waals surface area contributed by atoms with Crippen molar-refractivity contribution in [3.8, 4) is 0 Å². The maximum Gasteiger partial charge on any atom is 0.306 e. The summed E-state index contributed by atoms with van der Waals surface area (Å²) in [5.74, 6) is -1.48. The van der Waals surface area contributed by atoms with Gasteiger partial charge < -0.3 is 10.4 Å². The summed E-state index contributed by atoms with van der Waals surface area (Å²) in [7, 11) is 0. The molecule has 2 rings (SSSR count). The second kappa shape index (κ2) is 7.14. The standard InChI is InChI=1S/C15H17Cl2NO3/c16-10-5-6-12(13(17)7-10)14(19)18-8-9-3-1-2-4-11(9)15(20)21/h5-7,9,11H,1-4,8H2,(H,18,19)(H,20,21)/t9-,11-/m0/s1. The van der Waals surface area contributed by atoms with Gasteiger partial charge in [0.25, 0.3) is 5.91 Å². The largest absolute Gasteiger partial charge is 0.481 e. The summed E-state index contributed by atoms with van der Waals surface area (Å²) in [6, 6.07) is 4.68. The monoisotopic (exact) mass is 329 g/mol. The van der Waals surface area contributed by atoms with E-state index >= 15 is 0 Å². The molecule has 2 N–H and O–H groups in total. The summed E-state index contributed by atoms with van der Waals surface area (Å²) in [6.45, 7) is 0.356. The Hall–Kier alpha value is -1.26. The smallest absolute Gasteiger partial charge is 0.306 e. The fourth-order valence-electron chi connectivity index (χ4n) is 2.77. The van der Waals surface area contributed by atoms with Crippen LogP contribution in [0.5, 0.6) is 0 Å². The van der Waals surface area contributed by atoms with Gasteiger partial charge in [0, 0.05) is 11.6 Å². The number of halogens is 2. The van der Waals surface area contributed by atoms with Crippen LogP contribution in [0.1, 0.15) is 36.0 Å². The zero-order chi connectivity index (χ0) is 15.4. The number of carbonyl (C=O) groups is 2. The molecule has 1 saturated carbocycles. The van der Waals surface area contributed by atoms with Crippen molar-refractivity contribution in [2.75, 3.05) is 6.54 Å². The number of hydrogen-bond acceptors (Lipinski definition) is 2. The molecule has 1 aromatic rings. The highest BCUT2D eigenvalue weighted by molar-refractivity contribution is 6.36. The van der Waals surface area contributed by atoms with Gasteiger partial charge in [0.15, 0.2) is 0 Å². The molecule has 114 valence electrons. The number of aliphatic carboxylic acids is 1. The first kappa shape index (κ1) is 16.1. The third kappa shape index (κ3) is 4.11. The number of amides is 1. The van der Waals surface area contributed by atoms with Crippen LogP contribution < -0.4 is 5.32 Å². The van der Waals surface area contributed by atoms with E-state index in [-0.39, 0.29) is 17.7 Å². The lowest BCUT2D eigenvalue weighted by Crippen LogP contribution is -2.37. The van der Waals surface area contributed by atoms with E-state index in [2.05, 4.69) is 5.32 Å². The van der Waals surface area contributed by atoms with E-state index in [0.29, 0.717) is 28.6 Å². The van der Waals surface area contributed by atoms with Gasteiger partial charge in [-0.3, -0.25) is 9.59 Å². The minimum Gasteiger partial charge on any atom is -0.481 e. The molecular weight excluding hydrogens is 313 g/mol. The van der Waals surface area contributed by atoms with Crippen LogP contribution in [-0.4, -0.2) is 23.5 Å². The van der Waals surface area contributed by atoms with Crippen LogP contribution in [0.15, 0.2) is 18.2 Å². The number of hydrogen-bond donors (Lipinski definition) is 2. The van der Waals surface area contributed by atoms with Gasteiger partial charge in [-0.2, -0.15) is 0 Å². The number of nitrogens with one attached hydrogen (secondary N) is 1. The normalized spacial score (nSPS) is 21.8. The van der Waals surface area contributed by atoms with E-state index in [0.717, 1.165) is 19.3 Å².